The van der Waals surface area contributed by atoms with Gasteiger partial charge in [-0.2, -0.15) is 0 Å². The fraction of sp³-hybridized carbons (Fsp3) is 0.500. The molecule has 0 saturated carbocycles. The van der Waals surface area contributed by atoms with Crippen LogP contribution in [0.2, 0.25) is 0 Å². The quantitative estimate of drug-likeness (QED) is 0.850. The zero-order valence-electron chi connectivity index (χ0n) is 10.8. The number of benzene rings is 1. The minimum atomic E-state index is 0.00839. The number of aryl methyl sites for hydroxylation is 1. The Morgan fingerprint density at radius 3 is 2.35 bits per heavy atom. The van der Waals surface area contributed by atoms with Crippen LogP contribution in [-0.4, -0.2) is 24.7 Å². The van der Waals surface area contributed by atoms with Crippen LogP contribution < -0.4 is 4.90 Å². The molecule has 1 rings (SSSR count). The number of amides is 1. The highest BCUT2D eigenvalue weighted by molar-refractivity contribution is 5.94. The van der Waals surface area contributed by atoms with Crippen LogP contribution in [0, 0.1) is 5.92 Å². The molecule has 0 fully saturated rings. The Balaban J connectivity index is 2.70. The number of hydrogen-bond donors (Lipinski definition) is 1. The molecule has 0 spiro atoms. The van der Waals surface area contributed by atoms with Crippen molar-refractivity contribution in [1.82, 2.24) is 0 Å². The number of aliphatic hydroxyl groups is 1. The van der Waals surface area contributed by atoms with E-state index >= 15 is 0 Å². The fourth-order valence-corrected chi connectivity index (χ4v) is 1.68. The van der Waals surface area contributed by atoms with Gasteiger partial charge in [0.1, 0.15) is 0 Å². The molecule has 0 aliphatic heterocycles. The molecule has 0 heterocycles. The van der Waals surface area contributed by atoms with Crippen LogP contribution in [0.3, 0.4) is 0 Å². The normalized spacial score (nSPS) is 10.6. The van der Waals surface area contributed by atoms with Crippen molar-refractivity contribution < 1.29 is 9.90 Å². The molecule has 1 N–H and O–H groups in total. The molecule has 3 nitrogen and oxygen atoms in total. The minimum Gasteiger partial charge on any atom is -0.396 e. The summed E-state index contributed by atoms with van der Waals surface area (Å²) in [5.41, 5.74) is 2.10. The average Bonchev–Trinajstić information content (AvgIpc) is 2.35. The van der Waals surface area contributed by atoms with Crippen molar-refractivity contribution in [3.8, 4) is 0 Å². The highest BCUT2D eigenvalue weighted by Crippen LogP contribution is 2.16. The largest absolute Gasteiger partial charge is 0.396 e. The Bertz CT molecular complexity index is 357. The van der Waals surface area contributed by atoms with E-state index in [2.05, 4.69) is 0 Å². The Labute approximate surface area is 103 Å². The van der Waals surface area contributed by atoms with E-state index in [1.807, 2.05) is 38.1 Å². The van der Waals surface area contributed by atoms with Gasteiger partial charge in [-0.1, -0.05) is 26.0 Å². The van der Waals surface area contributed by atoms with Gasteiger partial charge in [-0.25, -0.2) is 0 Å². The van der Waals surface area contributed by atoms with Gasteiger partial charge in [-0.05, 0) is 30.5 Å². The maximum atomic E-state index is 11.8. The van der Waals surface area contributed by atoms with E-state index < -0.39 is 0 Å². The predicted octanol–water partition coefficient (Wildman–Crippen LogP) is 2.23. The maximum Gasteiger partial charge on any atom is 0.229 e. The first kappa shape index (κ1) is 13.7. The van der Waals surface area contributed by atoms with Crippen LogP contribution in [0.1, 0.15) is 25.8 Å². The van der Waals surface area contributed by atoms with Gasteiger partial charge < -0.3 is 10.0 Å². The molecule has 0 aromatic heterocycles. The number of hydrogen-bond acceptors (Lipinski definition) is 2. The first-order valence-electron chi connectivity index (χ1n) is 6.03. The number of carbonyl (C=O) groups excluding carboxylic acids is 1. The summed E-state index contributed by atoms with van der Waals surface area (Å²) >= 11 is 0. The van der Waals surface area contributed by atoms with Crippen molar-refractivity contribution in [1.29, 1.82) is 0 Å². The highest BCUT2D eigenvalue weighted by atomic mass is 16.2. The van der Waals surface area contributed by atoms with Crippen LogP contribution in [0.5, 0.6) is 0 Å². The predicted molar refractivity (Wildman–Crippen MR) is 70.1 cm³/mol. The molecule has 1 amide bonds. The Morgan fingerprint density at radius 2 is 1.88 bits per heavy atom. The van der Waals surface area contributed by atoms with Gasteiger partial charge in [0.15, 0.2) is 0 Å². The number of nitrogens with zero attached hydrogens (tertiary/aromatic N) is 1. The molecule has 0 bridgehead atoms. The smallest absolute Gasteiger partial charge is 0.229 e. The second-order valence-electron chi connectivity index (χ2n) is 4.55. The zero-order valence-corrected chi connectivity index (χ0v) is 10.8. The number of rotatable bonds is 5. The Kier molecular flexibility index (Phi) is 5.16. The van der Waals surface area contributed by atoms with E-state index in [4.69, 9.17) is 5.11 Å². The van der Waals surface area contributed by atoms with Crippen molar-refractivity contribution in [3.63, 3.8) is 0 Å². The van der Waals surface area contributed by atoms with Gasteiger partial charge in [0.05, 0.1) is 0 Å². The molecule has 0 aliphatic carbocycles. The first-order chi connectivity index (χ1) is 8.06. The number of aliphatic hydroxyl groups excluding tert-OH is 1. The van der Waals surface area contributed by atoms with E-state index in [0.29, 0.717) is 0 Å². The van der Waals surface area contributed by atoms with Crippen LogP contribution in [0.15, 0.2) is 24.3 Å². The van der Waals surface area contributed by atoms with E-state index in [9.17, 15) is 4.79 Å². The summed E-state index contributed by atoms with van der Waals surface area (Å²) in [6.07, 6.45) is 1.65. The molecule has 0 radical (unpaired) electrons. The molecule has 0 aliphatic rings. The van der Waals surface area contributed by atoms with Crippen LogP contribution in [-0.2, 0) is 11.2 Å². The molecule has 0 saturated heterocycles. The van der Waals surface area contributed by atoms with Crippen molar-refractivity contribution >= 4 is 11.6 Å². The lowest BCUT2D eigenvalue weighted by Gasteiger charge is -2.19. The lowest BCUT2D eigenvalue weighted by molar-refractivity contribution is -0.121. The average molecular weight is 235 g/mol. The first-order valence-corrected chi connectivity index (χ1v) is 6.03. The van der Waals surface area contributed by atoms with E-state index in [1.54, 1.807) is 11.9 Å². The van der Waals surface area contributed by atoms with Gasteiger partial charge in [-0.15, -0.1) is 0 Å². The van der Waals surface area contributed by atoms with E-state index in [-0.39, 0.29) is 18.4 Å². The summed E-state index contributed by atoms with van der Waals surface area (Å²) in [5, 5.41) is 8.75. The molecule has 0 unspecified atom stereocenters. The standard InChI is InChI=1S/C14H21NO2/c1-11(2)14(17)15(3)13-8-6-12(7-9-13)5-4-10-16/h6-9,11,16H,4-5,10H2,1-3H3. The van der Waals surface area contributed by atoms with Gasteiger partial charge in [-0.3, -0.25) is 4.79 Å². The molecule has 0 atom stereocenters. The lowest BCUT2D eigenvalue weighted by atomic mass is 10.1. The molecular weight excluding hydrogens is 214 g/mol. The monoisotopic (exact) mass is 235 g/mol. The van der Waals surface area contributed by atoms with Crippen molar-refractivity contribution in [2.45, 2.75) is 26.7 Å². The molecule has 1 aromatic carbocycles. The summed E-state index contributed by atoms with van der Waals surface area (Å²) in [5.74, 6) is 0.127. The molecule has 1 aromatic rings. The van der Waals surface area contributed by atoms with Crippen LogP contribution in [0.4, 0.5) is 5.69 Å². The van der Waals surface area contributed by atoms with E-state index in [1.165, 1.54) is 5.56 Å². The summed E-state index contributed by atoms with van der Waals surface area (Å²) in [6, 6.07) is 7.92. The Morgan fingerprint density at radius 1 is 1.29 bits per heavy atom. The molecule has 94 valence electrons. The lowest BCUT2D eigenvalue weighted by Crippen LogP contribution is -2.30. The minimum absolute atomic E-state index is 0.00839. The number of carbonyl (C=O) groups is 1. The zero-order chi connectivity index (χ0) is 12.8. The number of anilines is 1. The van der Waals surface area contributed by atoms with Crippen LogP contribution >= 0.6 is 0 Å². The van der Waals surface area contributed by atoms with E-state index in [0.717, 1.165) is 18.5 Å². The van der Waals surface area contributed by atoms with Gasteiger partial charge >= 0.3 is 0 Å². The second-order valence-corrected chi connectivity index (χ2v) is 4.55. The molecular formula is C14H21NO2. The van der Waals surface area contributed by atoms with Crippen LogP contribution in [0.25, 0.3) is 0 Å². The summed E-state index contributed by atoms with van der Waals surface area (Å²) in [7, 11) is 1.80. The molecule has 3 heteroatoms. The van der Waals surface area contributed by atoms with Crippen molar-refractivity contribution in [2.75, 3.05) is 18.6 Å². The summed E-state index contributed by atoms with van der Waals surface area (Å²) in [6.45, 7) is 4.01. The molecule has 17 heavy (non-hydrogen) atoms. The third-order valence-corrected chi connectivity index (χ3v) is 2.77. The highest BCUT2D eigenvalue weighted by Gasteiger charge is 2.14. The Hall–Kier alpha value is -1.35. The van der Waals surface area contributed by atoms with Gasteiger partial charge in [0.25, 0.3) is 0 Å². The summed E-state index contributed by atoms with van der Waals surface area (Å²) < 4.78 is 0. The van der Waals surface area contributed by atoms with Gasteiger partial charge in [0.2, 0.25) is 5.91 Å². The SMILES string of the molecule is CC(C)C(=O)N(C)c1ccc(CCCO)cc1. The maximum absolute atomic E-state index is 11.8. The third kappa shape index (κ3) is 3.86. The topological polar surface area (TPSA) is 40.5 Å². The van der Waals surface area contributed by atoms with Crippen molar-refractivity contribution in [2.24, 2.45) is 5.92 Å². The van der Waals surface area contributed by atoms with Gasteiger partial charge in [0, 0.05) is 25.3 Å². The second kappa shape index (κ2) is 6.40. The third-order valence-electron chi connectivity index (χ3n) is 2.77. The van der Waals surface area contributed by atoms with Crippen molar-refractivity contribution in [3.05, 3.63) is 29.8 Å². The fourth-order valence-electron chi connectivity index (χ4n) is 1.68. The summed E-state index contributed by atoms with van der Waals surface area (Å²) in [4.78, 5) is 13.5.